The second-order valence-electron chi connectivity index (χ2n) is 4.04. The highest BCUT2D eigenvalue weighted by Crippen LogP contribution is 2.09. The first-order valence-electron chi connectivity index (χ1n) is 5.52. The second kappa shape index (κ2) is 7.34. The van der Waals surface area contributed by atoms with Gasteiger partial charge in [-0.25, -0.2) is 0 Å². The minimum Gasteiger partial charge on any atom is -0.396 e. The number of rotatable bonds is 7. The summed E-state index contributed by atoms with van der Waals surface area (Å²) in [6, 6.07) is 1.08. The van der Waals surface area contributed by atoms with E-state index in [-0.39, 0.29) is 6.61 Å². The number of nitrogens with one attached hydrogen (secondary N) is 1. The standard InChI is InChI=1S/C11H25NO/c1-5-10(6-2)12-11(7-8-13)9(3)4/h9-13H,5-8H2,1-4H3. The van der Waals surface area contributed by atoms with Gasteiger partial charge in [0.2, 0.25) is 0 Å². The highest BCUT2D eigenvalue weighted by Gasteiger charge is 2.15. The fourth-order valence-corrected chi connectivity index (χ4v) is 1.58. The van der Waals surface area contributed by atoms with Crippen LogP contribution in [0.3, 0.4) is 0 Å². The van der Waals surface area contributed by atoms with Gasteiger partial charge in [0.05, 0.1) is 0 Å². The molecule has 13 heavy (non-hydrogen) atoms. The first-order chi connectivity index (χ1) is 6.15. The van der Waals surface area contributed by atoms with E-state index in [4.69, 9.17) is 5.11 Å². The average molecular weight is 187 g/mol. The zero-order valence-electron chi connectivity index (χ0n) is 9.51. The summed E-state index contributed by atoms with van der Waals surface area (Å²) in [5, 5.41) is 12.5. The molecule has 0 bridgehead atoms. The molecule has 0 heterocycles. The largest absolute Gasteiger partial charge is 0.396 e. The highest BCUT2D eigenvalue weighted by atomic mass is 16.3. The maximum absolute atomic E-state index is 8.90. The van der Waals surface area contributed by atoms with Gasteiger partial charge in [0, 0.05) is 18.7 Å². The van der Waals surface area contributed by atoms with Crippen molar-refractivity contribution in [2.45, 2.75) is 59.0 Å². The van der Waals surface area contributed by atoms with Crippen LogP contribution in [0, 0.1) is 5.92 Å². The van der Waals surface area contributed by atoms with Crippen LogP contribution in [0.2, 0.25) is 0 Å². The molecule has 0 saturated heterocycles. The van der Waals surface area contributed by atoms with E-state index in [1.165, 1.54) is 12.8 Å². The van der Waals surface area contributed by atoms with Crippen molar-refractivity contribution in [2.24, 2.45) is 5.92 Å². The van der Waals surface area contributed by atoms with E-state index in [0.717, 1.165) is 6.42 Å². The van der Waals surface area contributed by atoms with Crippen LogP contribution in [0.25, 0.3) is 0 Å². The van der Waals surface area contributed by atoms with Crippen LogP contribution in [-0.4, -0.2) is 23.8 Å². The van der Waals surface area contributed by atoms with Crippen molar-refractivity contribution < 1.29 is 5.11 Å². The summed E-state index contributed by atoms with van der Waals surface area (Å²) >= 11 is 0. The third-order valence-corrected chi connectivity index (χ3v) is 2.68. The summed E-state index contributed by atoms with van der Waals surface area (Å²) in [6.45, 7) is 9.11. The molecular weight excluding hydrogens is 162 g/mol. The van der Waals surface area contributed by atoms with Crippen LogP contribution < -0.4 is 5.32 Å². The third kappa shape index (κ3) is 5.27. The fourth-order valence-electron chi connectivity index (χ4n) is 1.58. The summed E-state index contributed by atoms with van der Waals surface area (Å²) in [6.07, 6.45) is 3.21. The Hall–Kier alpha value is -0.0800. The van der Waals surface area contributed by atoms with Gasteiger partial charge in [-0.05, 0) is 25.2 Å². The van der Waals surface area contributed by atoms with Gasteiger partial charge < -0.3 is 10.4 Å². The van der Waals surface area contributed by atoms with E-state index in [2.05, 4.69) is 33.0 Å². The molecule has 2 nitrogen and oxygen atoms in total. The van der Waals surface area contributed by atoms with E-state index < -0.39 is 0 Å². The molecule has 0 saturated carbocycles. The maximum atomic E-state index is 8.90. The molecule has 2 N–H and O–H groups in total. The van der Waals surface area contributed by atoms with Crippen LogP contribution >= 0.6 is 0 Å². The molecule has 2 heteroatoms. The van der Waals surface area contributed by atoms with Crippen LogP contribution in [0.5, 0.6) is 0 Å². The van der Waals surface area contributed by atoms with Gasteiger partial charge >= 0.3 is 0 Å². The summed E-state index contributed by atoms with van der Waals surface area (Å²) in [5.41, 5.74) is 0. The quantitative estimate of drug-likeness (QED) is 0.640. The molecule has 1 atom stereocenters. The first kappa shape index (κ1) is 12.9. The lowest BCUT2D eigenvalue weighted by atomic mass is 9.99. The van der Waals surface area contributed by atoms with Crippen LogP contribution in [0.1, 0.15) is 47.0 Å². The molecule has 0 fully saturated rings. The van der Waals surface area contributed by atoms with Crippen molar-refractivity contribution in [2.75, 3.05) is 6.61 Å². The summed E-state index contributed by atoms with van der Waals surface area (Å²) in [7, 11) is 0. The molecule has 0 aromatic rings. The van der Waals surface area contributed by atoms with E-state index in [1.54, 1.807) is 0 Å². The Morgan fingerprint density at radius 2 is 1.69 bits per heavy atom. The molecule has 0 spiro atoms. The second-order valence-corrected chi connectivity index (χ2v) is 4.04. The Bertz CT molecular complexity index is 111. The van der Waals surface area contributed by atoms with Gasteiger partial charge in [-0.2, -0.15) is 0 Å². The van der Waals surface area contributed by atoms with Crippen molar-refractivity contribution in [1.29, 1.82) is 0 Å². The molecule has 1 unspecified atom stereocenters. The molecule has 0 radical (unpaired) electrons. The Balaban J connectivity index is 3.91. The molecule has 0 aliphatic heterocycles. The number of aliphatic hydroxyl groups is 1. The lowest BCUT2D eigenvalue weighted by molar-refractivity contribution is 0.232. The zero-order chi connectivity index (χ0) is 10.3. The van der Waals surface area contributed by atoms with Gasteiger partial charge in [0.25, 0.3) is 0 Å². The highest BCUT2D eigenvalue weighted by molar-refractivity contribution is 4.75. The predicted molar refractivity (Wildman–Crippen MR) is 57.8 cm³/mol. The van der Waals surface area contributed by atoms with Crippen LogP contribution in [0.15, 0.2) is 0 Å². The topological polar surface area (TPSA) is 32.3 Å². The Kier molecular flexibility index (Phi) is 7.29. The van der Waals surface area contributed by atoms with Crippen molar-refractivity contribution in [3.8, 4) is 0 Å². The Labute approximate surface area is 82.7 Å². The molecular formula is C11H25NO. The summed E-state index contributed by atoms with van der Waals surface area (Å²) in [4.78, 5) is 0. The van der Waals surface area contributed by atoms with Crippen molar-refractivity contribution in [3.63, 3.8) is 0 Å². The number of hydrogen-bond donors (Lipinski definition) is 2. The van der Waals surface area contributed by atoms with Crippen LogP contribution in [-0.2, 0) is 0 Å². The monoisotopic (exact) mass is 187 g/mol. The van der Waals surface area contributed by atoms with Gasteiger partial charge in [-0.15, -0.1) is 0 Å². The smallest absolute Gasteiger partial charge is 0.0445 e. The zero-order valence-corrected chi connectivity index (χ0v) is 9.51. The molecule has 0 aromatic carbocycles. The van der Waals surface area contributed by atoms with Crippen LogP contribution in [0.4, 0.5) is 0 Å². The fraction of sp³-hybridized carbons (Fsp3) is 1.00. The van der Waals surface area contributed by atoms with Gasteiger partial charge in [0.15, 0.2) is 0 Å². The van der Waals surface area contributed by atoms with Gasteiger partial charge in [-0.3, -0.25) is 0 Å². The van der Waals surface area contributed by atoms with E-state index in [0.29, 0.717) is 18.0 Å². The van der Waals surface area contributed by atoms with E-state index in [1.807, 2.05) is 0 Å². The van der Waals surface area contributed by atoms with E-state index >= 15 is 0 Å². The summed E-state index contributed by atoms with van der Waals surface area (Å²) in [5.74, 6) is 0.604. The molecule has 0 aliphatic rings. The molecule has 0 aromatic heterocycles. The lowest BCUT2D eigenvalue weighted by Gasteiger charge is -2.26. The molecule has 0 aliphatic carbocycles. The van der Waals surface area contributed by atoms with Crippen molar-refractivity contribution >= 4 is 0 Å². The maximum Gasteiger partial charge on any atom is 0.0445 e. The Morgan fingerprint density at radius 3 is 2.00 bits per heavy atom. The molecule has 0 rings (SSSR count). The Morgan fingerprint density at radius 1 is 1.15 bits per heavy atom. The minimum atomic E-state index is 0.288. The normalized spacial score (nSPS) is 14.1. The number of aliphatic hydroxyl groups excluding tert-OH is 1. The number of hydrogen-bond acceptors (Lipinski definition) is 2. The predicted octanol–water partition coefficient (Wildman–Crippen LogP) is 2.17. The average Bonchev–Trinajstić information content (AvgIpc) is 2.11. The minimum absolute atomic E-state index is 0.288. The third-order valence-electron chi connectivity index (χ3n) is 2.68. The SMILES string of the molecule is CCC(CC)NC(CCO)C(C)C. The first-order valence-corrected chi connectivity index (χ1v) is 5.52. The lowest BCUT2D eigenvalue weighted by Crippen LogP contribution is -2.41. The van der Waals surface area contributed by atoms with E-state index in [9.17, 15) is 0 Å². The summed E-state index contributed by atoms with van der Waals surface area (Å²) < 4.78 is 0. The van der Waals surface area contributed by atoms with Gasteiger partial charge in [0.1, 0.15) is 0 Å². The van der Waals surface area contributed by atoms with Gasteiger partial charge in [-0.1, -0.05) is 27.7 Å². The molecule has 80 valence electrons. The van der Waals surface area contributed by atoms with Crippen molar-refractivity contribution in [1.82, 2.24) is 5.32 Å². The van der Waals surface area contributed by atoms with Crippen molar-refractivity contribution in [3.05, 3.63) is 0 Å². The molecule has 0 amide bonds.